The number of methoxy groups -OCH3 is 1. The van der Waals surface area contributed by atoms with Crippen LogP contribution >= 0.6 is 0 Å². The SMILES string of the molecule is COc1ccc(CN2COc3cc(C)c4c(c3C2)O/C(=C\C=C\c2ccccc2)C4=O)cc1. The first kappa shape index (κ1) is 21.0. The van der Waals surface area contributed by atoms with Crippen molar-refractivity contribution in [1.29, 1.82) is 0 Å². The quantitative estimate of drug-likeness (QED) is 0.490. The van der Waals surface area contributed by atoms with E-state index in [1.165, 1.54) is 0 Å². The third kappa shape index (κ3) is 4.28. The van der Waals surface area contributed by atoms with Gasteiger partial charge in [-0.2, -0.15) is 0 Å². The minimum Gasteiger partial charge on any atom is -0.497 e. The van der Waals surface area contributed by atoms with Crippen molar-refractivity contribution >= 4 is 11.9 Å². The maximum absolute atomic E-state index is 13.1. The van der Waals surface area contributed by atoms with Crippen LogP contribution < -0.4 is 14.2 Å². The molecule has 0 spiro atoms. The Morgan fingerprint density at radius 2 is 1.88 bits per heavy atom. The van der Waals surface area contributed by atoms with Gasteiger partial charge in [0.05, 0.1) is 18.2 Å². The number of aryl methyl sites for hydroxylation is 1. The van der Waals surface area contributed by atoms with Crippen molar-refractivity contribution in [2.24, 2.45) is 0 Å². The molecule has 3 aromatic carbocycles. The Balaban J connectivity index is 1.38. The Morgan fingerprint density at radius 3 is 2.64 bits per heavy atom. The van der Waals surface area contributed by atoms with Crippen molar-refractivity contribution in [3.8, 4) is 17.2 Å². The zero-order valence-corrected chi connectivity index (χ0v) is 18.7. The average Bonchev–Trinajstić information content (AvgIpc) is 3.18. The Bertz CT molecular complexity index is 1240. The normalized spacial score (nSPS) is 16.4. The van der Waals surface area contributed by atoms with Crippen molar-refractivity contribution in [2.45, 2.75) is 20.0 Å². The fraction of sp³-hybridized carbons (Fsp3) is 0.179. The molecule has 166 valence electrons. The second-order valence-electron chi connectivity index (χ2n) is 8.21. The highest BCUT2D eigenvalue weighted by molar-refractivity contribution is 6.14. The van der Waals surface area contributed by atoms with E-state index in [1.807, 2.05) is 79.7 Å². The average molecular weight is 440 g/mol. The number of benzene rings is 3. The summed E-state index contributed by atoms with van der Waals surface area (Å²) in [6, 6.07) is 19.9. The minimum atomic E-state index is -0.0877. The van der Waals surface area contributed by atoms with Crippen molar-refractivity contribution in [1.82, 2.24) is 4.90 Å². The molecule has 0 aliphatic carbocycles. The fourth-order valence-corrected chi connectivity index (χ4v) is 4.19. The van der Waals surface area contributed by atoms with Gasteiger partial charge >= 0.3 is 0 Å². The predicted octanol–water partition coefficient (Wildman–Crippen LogP) is 5.53. The van der Waals surface area contributed by atoms with E-state index in [0.29, 0.717) is 30.3 Å². The molecule has 2 heterocycles. The molecule has 0 bridgehead atoms. The number of carbonyl (C=O) groups is 1. The molecule has 5 rings (SSSR count). The van der Waals surface area contributed by atoms with Gasteiger partial charge in [0.1, 0.15) is 24.0 Å². The van der Waals surface area contributed by atoms with Crippen LogP contribution in [-0.4, -0.2) is 24.5 Å². The highest BCUT2D eigenvalue weighted by Gasteiger charge is 2.35. The first-order chi connectivity index (χ1) is 16.1. The molecule has 2 aliphatic rings. The number of rotatable bonds is 5. The third-order valence-electron chi connectivity index (χ3n) is 5.89. The second-order valence-corrected chi connectivity index (χ2v) is 8.21. The van der Waals surface area contributed by atoms with Gasteiger partial charge in [-0.05, 0) is 47.9 Å². The number of fused-ring (bicyclic) bond motifs is 3. The van der Waals surface area contributed by atoms with E-state index in [9.17, 15) is 4.79 Å². The van der Waals surface area contributed by atoms with Crippen LogP contribution in [0.1, 0.15) is 32.6 Å². The Kier molecular flexibility index (Phi) is 5.71. The van der Waals surface area contributed by atoms with Gasteiger partial charge in [0.15, 0.2) is 5.76 Å². The summed E-state index contributed by atoms with van der Waals surface area (Å²) in [6.45, 7) is 3.77. The summed E-state index contributed by atoms with van der Waals surface area (Å²) in [4.78, 5) is 15.3. The van der Waals surface area contributed by atoms with Crippen LogP contribution in [0.5, 0.6) is 17.2 Å². The van der Waals surface area contributed by atoms with E-state index in [2.05, 4.69) is 4.90 Å². The number of hydrogen-bond acceptors (Lipinski definition) is 5. The molecule has 0 amide bonds. The maximum Gasteiger partial charge on any atom is 0.232 e. The second kappa shape index (κ2) is 8.96. The van der Waals surface area contributed by atoms with Gasteiger partial charge < -0.3 is 14.2 Å². The number of carbonyl (C=O) groups excluding carboxylic acids is 1. The number of ether oxygens (including phenoxy) is 3. The van der Waals surface area contributed by atoms with Gasteiger partial charge in [0.25, 0.3) is 0 Å². The fourth-order valence-electron chi connectivity index (χ4n) is 4.19. The summed E-state index contributed by atoms with van der Waals surface area (Å²) in [5.41, 5.74) is 4.64. The van der Waals surface area contributed by atoms with Gasteiger partial charge in [-0.25, -0.2) is 0 Å². The van der Waals surface area contributed by atoms with Crippen LogP contribution in [-0.2, 0) is 13.1 Å². The van der Waals surface area contributed by atoms with Crippen LogP contribution in [0.2, 0.25) is 0 Å². The minimum absolute atomic E-state index is 0.0877. The number of Topliss-reactive ketones (excluding diaryl/α,β-unsaturated/α-hetero) is 1. The van der Waals surface area contributed by atoms with Crippen LogP contribution in [0.3, 0.4) is 0 Å². The van der Waals surface area contributed by atoms with E-state index in [-0.39, 0.29) is 5.78 Å². The number of ketones is 1. The smallest absolute Gasteiger partial charge is 0.232 e. The van der Waals surface area contributed by atoms with Crippen LogP contribution in [0, 0.1) is 6.92 Å². The first-order valence-electron chi connectivity index (χ1n) is 10.9. The number of hydrogen-bond donors (Lipinski definition) is 0. The molecule has 3 aromatic rings. The van der Waals surface area contributed by atoms with Gasteiger partial charge in [0.2, 0.25) is 5.78 Å². The molecule has 33 heavy (non-hydrogen) atoms. The summed E-state index contributed by atoms with van der Waals surface area (Å²) < 4.78 is 17.4. The molecule has 5 nitrogen and oxygen atoms in total. The molecule has 0 atom stereocenters. The summed E-state index contributed by atoms with van der Waals surface area (Å²) in [6.07, 6.45) is 5.54. The standard InChI is InChI=1S/C28H25NO4/c1-19-15-25-23(17-29(18-32-25)16-21-11-13-22(31-2)14-12-21)28-26(19)27(30)24(33-28)10-6-9-20-7-4-3-5-8-20/h3-15H,16-18H2,1-2H3/b9-6+,24-10-. The summed E-state index contributed by atoms with van der Waals surface area (Å²) in [7, 11) is 1.66. The Hall–Kier alpha value is -3.83. The topological polar surface area (TPSA) is 48.0 Å². The molecule has 0 radical (unpaired) electrons. The van der Waals surface area contributed by atoms with Gasteiger partial charge in [0, 0.05) is 13.1 Å². The van der Waals surface area contributed by atoms with Crippen LogP contribution in [0.15, 0.2) is 78.6 Å². The molecule has 0 saturated heterocycles. The molecular weight excluding hydrogens is 414 g/mol. The van der Waals surface area contributed by atoms with Crippen molar-refractivity contribution < 1.29 is 19.0 Å². The van der Waals surface area contributed by atoms with E-state index in [0.717, 1.165) is 40.3 Å². The lowest BCUT2D eigenvalue weighted by molar-refractivity contribution is 0.0872. The summed E-state index contributed by atoms with van der Waals surface area (Å²) >= 11 is 0. The van der Waals surface area contributed by atoms with E-state index in [1.54, 1.807) is 13.2 Å². The van der Waals surface area contributed by atoms with E-state index >= 15 is 0 Å². The largest absolute Gasteiger partial charge is 0.497 e. The van der Waals surface area contributed by atoms with E-state index in [4.69, 9.17) is 14.2 Å². The Morgan fingerprint density at radius 1 is 1.09 bits per heavy atom. The zero-order valence-electron chi connectivity index (χ0n) is 18.7. The van der Waals surface area contributed by atoms with Crippen molar-refractivity contribution in [2.75, 3.05) is 13.8 Å². The van der Waals surface area contributed by atoms with Crippen LogP contribution in [0.25, 0.3) is 6.08 Å². The molecular formula is C28H25NO4. The highest BCUT2D eigenvalue weighted by Crippen LogP contribution is 2.43. The van der Waals surface area contributed by atoms with Crippen LogP contribution in [0.4, 0.5) is 0 Å². The predicted molar refractivity (Wildman–Crippen MR) is 127 cm³/mol. The van der Waals surface area contributed by atoms with Gasteiger partial charge in [-0.15, -0.1) is 0 Å². The lowest BCUT2D eigenvalue weighted by Crippen LogP contribution is -2.31. The third-order valence-corrected chi connectivity index (χ3v) is 5.89. The molecule has 0 saturated carbocycles. The zero-order chi connectivity index (χ0) is 22.8. The Labute approximate surface area is 193 Å². The lowest BCUT2D eigenvalue weighted by Gasteiger charge is -2.30. The van der Waals surface area contributed by atoms with Crippen molar-refractivity contribution in [3.05, 3.63) is 106 Å². The molecule has 0 fully saturated rings. The molecule has 5 heteroatoms. The number of allylic oxidation sites excluding steroid dienone is 3. The van der Waals surface area contributed by atoms with Crippen molar-refractivity contribution in [3.63, 3.8) is 0 Å². The molecule has 0 aromatic heterocycles. The highest BCUT2D eigenvalue weighted by atomic mass is 16.5. The maximum atomic E-state index is 13.1. The number of nitrogens with zero attached hydrogens (tertiary/aromatic N) is 1. The van der Waals surface area contributed by atoms with Gasteiger partial charge in [-0.1, -0.05) is 54.6 Å². The van der Waals surface area contributed by atoms with Gasteiger partial charge in [-0.3, -0.25) is 9.69 Å². The molecule has 0 unspecified atom stereocenters. The summed E-state index contributed by atoms with van der Waals surface area (Å²) in [5, 5.41) is 0. The van der Waals surface area contributed by atoms with E-state index < -0.39 is 0 Å². The monoisotopic (exact) mass is 439 g/mol. The molecule has 2 aliphatic heterocycles. The molecule has 0 N–H and O–H groups in total. The lowest BCUT2D eigenvalue weighted by atomic mass is 9.98. The first-order valence-corrected chi connectivity index (χ1v) is 10.9. The summed E-state index contributed by atoms with van der Waals surface area (Å²) in [5.74, 6) is 2.48.